The van der Waals surface area contributed by atoms with E-state index < -0.39 is 11.4 Å². The first kappa shape index (κ1) is 13.2. The molecule has 1 heterocycles. The molecule has 0 unspecified atom stereocenters. The van der Waals surface area contributed by atoms with E-state index in [1.807, 2.05) is 0 Å². The number of amides is 1. The summed E-state index contributed by atoms with van der Waals surface area (Å²) < 4.78 is 0. The third kappa shape index (κ3) is 2.18. The Morgan fingerprint density at radius 1 is 1.39 bits per heavy atom. The molecule has 0 spiro atoms. The number of carbonyl (C=O) groups excluding carboxylic acids is 1. The van der Waals surface area contributed by atoms with E-state index in [4.69, 9.17) is 28.3 Å². The van der Waals surface area contributed by atoms with Crippen molar-refractivity contribution in [2.24, 2.45) is 5.41 Å². The molecule has 0 aliphatic carbocycles. The molecule has 1 amide bonds. The van der Waals surface area contributed by atoms with Crippen LogP contribution in [0.3, 0.4) is 0 Å². The van der Waals surface area contributed by atoms with Crippen LogP contribution in [0, 0.1) is 5.41 Å². The standard InChI is InChI=1S/C12H11Cl2NO3/c13-5-12(11(17)18)6-15(7-12)10(16)8-2-1-3-9(14)4-8/h1-4H,5-7H2,(H,17,18). The van der Waals surface area contributed by atoms with Crippen LogP contribution in [-0.4, -0.2) is 40.9 Å². The highest BCUT2D eigenvalue weighted by atomic mass is 35.5. The number of carbonyl (C=O) groups is 2. The zero-order valence-electron chi connectivity index (χ0n) is 9.40. The Hall–Kier alpha value is -1.26. The summed E-state index contributed by atoms with van der Waals surface area (Å²) in [6.45, 7) is 0.272. The van der Waals surface area contributed by atoms with E-state index in [1.54, 1.807) is 24.3 Å². The SMILES string of the molecule is O=C(c1cccc(Cl)c1)N1CC(CCl)(C(=O)O)C1. The Balaban J connectivity index is 2.09. The van der Waals surface area contributed by atoms with Gasteiger partial charge in [-0.2, -0.15) is 0 Å². The third-order valence-corrected chi connectivity index (χ3v) is 3.80. The Labute approximate surface area is 114 Å². The van der Waals surface area contributed by atoms with Gasteiger partial charge in [0.05, 0.1) is 0 Å². The molecular formula is C12H11Cl2NO3. The van der Waals surface area contributed by atoms with Crippen molar-refractivity contribution in [1.82, 2.24) is 4.90 Å². The van der Waals surface area contributed by atoms with E-state index in [1.165, 1.54) is 4.90 Å². The lowest BCUT2D eigenvalue weighted by Gasteiger charge is -2.46. The molecule has 1 aliphatic rings. The summed E-state index contributed by atoms with van der Waals surface area (Å²) in [5, 5.41) is 9.53. The van der Waals surface area contributed by atoms with Gasteiger partial charge in [-0.05, 0) is 18.2 Å². The summed E-state index contributed by atoms with van der Waals surface area (Å²) in [6.07, 6.45) is 0. The predicted octanol–water partition coefficient (Wildman–Crippen LogP) is 2.11. The number of hydrogen-bond donors (Lipinski definition) is 1. The van der Waals surface area contributed by atoms with Crippen LogP contribution >= 0.6 is 23.2 Å². The number of likely N-dealkylation sites (tertiary alicyclic amines) is 1. The minimum absolute atomic E-state index is 0.00165. The summed E-state index contributed by atoms with van der Waals surface area (Å²) in [6, 6.07) is 6.57. The van der Waals surface area contributed by atoms with Crippen molar-refractivity contribution >= 4 is 35.1 Å². The van der Waals surface area contributed by atoms with Crippen LogP contribution in [0.4, 0.5) is 0 Å². The molecule has 1 aromatic rings. The highest BCUT2D eigenvalue weighted by Gasteiger charge is 2.50. The molecular weight excluding hydrogens is 277 g/mol. The first-order valence-corrected chi connectivity index (χ1v) is 6.24. The van der Waals surface area contributed by atoms with E-state index in [-0.39, 0.29) is 24.9 Å². The van der Waals surface area contributed by atoms with Crippen molar-refractivity contribution < 1.29 is 14.7 Å². The van der Waals surface area contributed by atoms with Crippen LogP contribution in [-0.2, 0) is 4.79 Å². The van der Waals surface area contributed by atoms with Gasteiger partial charge in [0.1, 0.15) is 5.41 Å². The van der Waals surface area contributed by atoms with Crippen molar-refractivity contribution in [3.63, 3.8) is 0 Å². The lowest BCUT2D eigenvalue weighted by Crippen LogP contribution is -2.63. The predicted molar refractivity (Wildman–Crippen MR) is 68.1 cm³/mol. The molecule has 96 valence electrons. The molecule has 1 N–H and O–H groups in total. The summed E-state index contributed by atoms with van der Waals surface area (Å²) in [4.78, 5) is 24.5. The number of rotatable bonds is 3. The topological polar surface area (TPSA) is 57.6 Å². The molecule has 0 radical (unpaired) electrons. The van der Waals surface area contributed by atoms with Crippen LogP contribution in [0.5, 0.6) is 0 Å². The van der Waals surface area contributed by atoms with E-state index in [0.29, 0.717) is 10.6 Å². The number of halogens is 2. The average molecular weight is 288 g/mol. The minimum atomic E-state index is -1.00. The zero-order valence-corrected chi connectivity index (χ0v) is 10.9. The normalized spacial score (nSPS) is 17.1. The number of alkyl halides is 1. The van der Waals surface area contributed by atoms with Gasteiger partial charge < -0.3 is 10.0 Å². The minimum Gasteiger partial charge on any atom is -0.481 e. The molecule has 0 saturated carbocycles. The lowest BCUT2D eigenvalue weighted by molar-refractivity contribution is -0.155. The molecule has 2 rings (SSSR count). The van der Waals surface area contributed by atoms with Crippen LogP contribution < -0.4 is 0 Å². The number of carboxylic acids is 1. The quantitative estimate of drug-likeness (QED) is 0.867. The van der Waals surface area contributed by atoms with Crippen molar-refractivity contribution in [2.75, 3.05) is 19.0 Å². The van der Waals surface area contributed by atoms with Gasteiger partial charge in [0.25, 0.3) is 5.91 Å². The summed E-state index contributed by atoms with van der Waals surface area (Å²) in [5.74, 6) is -1.19. The van der Waals surface area contributed by atoms with E-state index >= 15 is 0 Å². The number of nitrogens with zero attached hydrogens (tertiary/aromatic N) is 1. The monoisotopic (exact) mass is 287 g/mol. The first-order chi connectivity index (χ1) is 8.48. The van der Waals surface area contributed by atoms with E-state index in [9.17, 15) is 9.59 Å². The fourth-order valence-electron chi connectivity index (χ4n) is 1.91. The fourth-order valence-corrected chi connectivity index (χ4v) is 2.38. The maximum Gasteiger partial charge on any atom is 0.314 e. The molecule has 0 aromatic heterocycles. The third-order valence-electron chi connectivity index (χ3n) is 3.06. The van der Waals surface area contributed by atoms with E-state index in [0.717, 1.165) is 0 Å². The van der Waals surface area contributed by atoms with Crippen molar-refractivity contribution in [3.05, 3.63) is 34.9 Å². The lowest BCUT2D eigenvalue weighted by atomic mass is 9.81. The molecule has 0 bridgehead atoms. The van der Waals surface area contributed by atoms with Gasteiger partial charge in [-0.3, -0.25) is 9.59 Å². The molecule has 1 fully saturated rings. The Kier molecular flexibility index (Phi) is 3.50. The highest BCUT2D eigenvalue weighted by Crippen LogP contribution is 2.33. The number of carboxylic acid groups (broad SMARTS) is 1. The molecule has 6 heteroatoms. The molecule has 0 atom stereocenters. The van der Waals surface area contributed by atoms with Gasteiger partial charge in [0.2, 0.25) is 0 Å². The number of hydrogen-bond acceptors (Lipinski definition) is 2. The molecule has 1 aliphatic heterocycles. The van der Waals surface area contributed by atoms with Gasteiger partial charge in [-0.25, -0.2) is 0 Å². The average Bonchev–Trinajstić information content (AvgIpc) is 2.27. The summed E-state index contributed by atoms with van der Waals surface area (Å²) in [7, 11) is 0. The Bertz CT molecular complexity index is 498. The largest absolute Gasteiger partial charge is 0.481 e. The number of benzene rings is 1. The first-order valence-electron chi connectivity index (χ1n) is 5.33. The second-order valence-corrected chi connectivity index (χ2v) is 5.09. The van der Waals surface area contributed by atoms with Crippen LogP contribution in [0.2, 0.25) is 5.02 Å². The smallest absolute Gasteiger partial charge is 0.314 e. The van der Waals surface area contributed by atoms with Gasteiger partial charge in [-0.15, -0.1) is 11.6 Å². The second-order valence-electron chi connectivity index (χ2n) is 4.39. The van der Waals surface area contributed by atoms with Gasteiger partial charge >= 0.3 is 5.97 Å². The maximum atomic E-state index is 12.0. The van der Waals surface area contributed by atoms with Crippen molar-refractivity contribution in [3.8, 4) is 0 Å². The highest BCUT2D eigenvalue weighted by molar-refractivity contribution is 6.31. The second kappa shape index (κ2) is 4.78. The number of aliphatic carboxylic acids is 1. The summed E-state index contributed by atoms with van der Waals surface area (Å²) in [5.41, 5.74) is -0.549. The Morgan fingerprint density at radius 3 is 2.56 bits per heavy atom. The van der Waals surface area contributed by atoms with Crippen molar-refractivity contribution in [1.29, 1.82) is 0 Å². The fraction of sp³-hybridized carbons (Fsp3) is 0.333. The van der Waals surface area contributed by atoms with Crippen LogP contribution in [0.1, 0.15) is 10.4 Å². The zero-order chi connectivity index (χ0) is 13.3. The maximum absolute atomic E-state index is 12.0. The van der Waals surface area contributed by atoms with Crippen LogP contribution in [0.25, 0.3) is 0 Å². The van der Waals surface area contributed by atoms with Crippen LogP contribution in [0.15, 0.2) is 24.3 Å². The molecule has 4 nitrogen and oxygen atoms in total. The van der Waals surface area contributed by atoms with Gasteiger partial charge in [-0.1, -0.05) is 17.7 Å². The molecule has 1 aromatic carbocycles. The molecule has 1 saturated heterocycles. The Morgan fingerprint density at radius 2 is 2.06 bits per heavy atom. The van der Waals surface area contributed by atoms with E-state index in [2.05, 4.69) is 0 Å². The van der Waals surface area contributed by atoms with Gasteiger partial charge in [0.15, 0.2) is 0 Å². The van der Waals surface area contributed by atoms with Crippen molar-refractivity contribution in [2.45, 2.75) is 0 Å². The summed E-state index contributed by atoms with van der Waals surface area (Å²) >= 11 is 11.5. The van der Waals surface area contributed by atoms with Gasteiger partial charge in [0, 0.05) is 29.6 Å². The molecule has 18 heavy (non-hydrogen) atoms.